The lowest BCUT2D eigenvalue weighted by molar-refractivity contribution is -0.122. The molecule has 1 fully saturated rings. The van der Waals surface area contributed by atoms with Gasteiger partial charge in [-0.25, -0.2) is 0 Å². The molecule has 0 aromatic heterocycles. The lowest BCUT2D eigenvalue weighted by atomic mass is 10.1. The molecule has 1 aliphatic heterocycles. The summed E-state index contributed by atoms with van der Waals surface area (Å²) in [5.74, 6) is 0.0783. The highest BCUT2D eigenvalue weighted by Crippen LogP contribution is 2.35. The lowest BCUT2D eigenvalue weighted by Crippen LogP contribution is -2.54. The highest BCUT2D eigenvalue weighted by Gasteiger charge is 2.34. The van der Waals surface area contributed by atoms with Crippen LogP contribution in [0.4, 0.5) is 5.69 Å². The molecule has 3 aromatic carbocycles. The molecule has 0 aliphatic carbocycles. The second kappa shape index (κ2) is 11.2. The summed E-state index contributed by atoms with van der Waals surface area (Å²) in [5, 5.41) is 2.68. The number of benzene rings is 3. The van der Waals surface area contributed by atoms with Crippen molar-refractivity contribution in [3.8, 4) is 11.5 Å². The average molecular weight is 612 g/mol. The van der Waals surface area contributed by atoms with Crippen LogP contribution in [0.15, 0.2) is 66.2 Å². The normalized spacial score (nSPS) is 14.7. The van der Waals surface area contributed by atoms with Crippen LogP contribution in [0.25, 0.3) is 6.08 Å². The summed E-state index contributed by atoms with van der Waals surface area (Å²) >= 11 is 7.47. The number of ether oxygens (including phenoxy) is 2. The molecule has 0 spiro atoms. The van der Waals surface area contributed by atoms with E-state index in [1.165, 1.54) is 4.90 Å². The molecule has 36 heavy (non-hydrogen) atoms. The van der Waals surface area contributed by atoms with Crippen molar-refractivity contribution in [2.75, 3.05) is 12.0 Å². The van der Waals surface area contributed by atoms with Crippen molar-refractivity contribution < 1.29 is 19.1 Å². The predicted molar refractivity (Wildman–Crippen MR) is 153 cm³/mol. The molecule has 8 heteroatoms. The smallest absolute Gasteiger partial charge is 0.270 e. The maximum atomic E-state index is 13.4. The Morgan fingerprint density at radius 3 is 2.47 bits per heavy atom. The van der Waals surface area contributed by atoms with Crippen LogP contribution in [-0.4, -0.2) is 24.0 Å². The Kier molecular flexibility index (Phi) is 8.05. The zero-order valence-corrected chi connectivity index (χ0v) is 23.1. The molecule has 184 valence electrons. The molecular formula is C28H25IN2O4S. The van der Waals surface area contributed by atoms with E-state index in [1.807, 2.05) is 55.5 Å². The first kappa shape index (κ1) is 25.8. The largest absolute Gasteiger partial charge is 0.493 e. The van der Waals surface area contributed by atoms with E-state index in [0.29, 0.717) is 29.4 Å². The van der Waals surface area contributed by atoms with Crippen LogP contribution in [0, 0.1) is 10.5 Å². The van der Waals surface area contributed by atoms with E-state index < -0.39 is 11.8 Å². The Labute approximate surface area is 229 Å². The van der Waals surface area contributed by atoms with Gasteiger partial charge in [0.1, 0.15) is 12.2 Å². The number of halogens is 1. The molecular weight excluding hydrogens is 587 g/mol. The standard InChI is InChI=1S/C28H25IN2O4S/c1-4-18-8-10-21(11-9-18)31-27(33)22(26(32)30-28(31)36)13-20-14-23(29)25(24(15-20)34-3)35-16-19-7-5-6-17(2)12-19/h5-15H,4,16H2,1-3H3,(H,30,32,36)/b22-13+. The molecule has 2 amide bonds. The van der Waals surface area contributed by atoms with Crippen LogP contribution < -0.4 is 19.7 Å². The summed E-state index contributed by atoms with van der Waals surface area (Å²) < 4.78 is 12.4. The van der Waals surface area contributed by atoms with E-state index in [4.69, 9.17) is 21.7 Å². The summed E-state index contributed by atoms with van der Waals surface area (Å²) in [4.78, 5) is 27.4. The Balaban J connectivity index is 1.63. The summed E-state index contributed by atoms with van der Waals surface area (Å²) in [5.41, 5.74) is 4.55. The van der Waals surface area contributed by atoms with Crippen LogP contribution in [-0.2, 0) is 22.6 Å². The third-order valence-corrected chi connectivity index (χ3v) is 6.82. The van der Waals surface area contributed by atoms with Crippen molar-refractivity contribution in [1.82, 2.24) is 5.32 Å². The van der Waals surface area contributed by atoms with Crippen molar-refractivity contribution in [3.63, 3.8) is 0 Å². The minimum absolute atomic E-state index is 0.0190. The van der Waals surface area contributed by atoms with Crippen molar-refractivity contribution >= 4 is 63.5 Å². The van der Waals surface area contributed by atoms with Crippen LogP contribution in [0.3, 0.4) is 0 Å². The average Bonchev–Trinajstić information content (AvgIpc) is 2.86. The first-order valence-corrected chi connectivity index (χ1v) is 12.9. The minimum atomic E-state index is -0.542. The Morgan fingerprint density at radius 2 is 1.81 bits per heavy atom. The molecule has 0 radical (unpaired) electrons. The Hall–Kier alpha value is -3.24. The van der Waals surface area contributed by atoms with Gasteiger partial charge in [0.15, 0.2) is 16.6 Å². The number of hydrogen-bond acceptors (Lipinski definition) is 5. The van der Waals surface area contributed by atoms with Gasteiger partial charge >= 0.3 is 0 Å². The molecule has 0 atom stereocenters. The van der Waals surface area contributed by atoms with Crippen molar-refractivity contribution in [2.24, 2.45) is 0 Å². The molecule has 1 N–H and O–H groups in total. The highest BCUT2D eigenvalue weighted by molar-refractivity contribution is 14.1. The number of carbonyl (C=O) groups excluding carboxylic acids is 2. The van der Waals surface area contributed by atoms with Crippen LogP contribution in [0.2, 0.25) is 0 Å². The molecule has 6 nitrogen and oxygen atoms in total. The zero-order chi connectivity index (χ0) is 25.8. The maximum absolute atomic E-state index is 13.4. The molecule has 0 unspecified atom stereocenters. The van der Waals surface area contributed by atoms with Crippen molar-refractivity contribution in [1.29, 1.82) is 0 Å². The summed E-state index contributed by atoms with van der Waals surface area (Å²) in [6.45, 7) is 4.48. The zero-order valence-electron chi connectivity index (χ0n) is 20.1. The molecule has 0 bridgehead atoms. The number of hydrogen-bond donors (Lipinski definition) is 1. The van der Waals surface area contributed by atoms with Gasteiger partial charge in [0.2, 0.25) is 0 Å². The van der Waals surface area contributed by atoms with Crippen LogP contribution >= 0.6 is 34.8 Å². The van der Waals surface area contributed by atoms with Gasteiger partial charge in [-0.05, 0) is 95.2 Å². The van der Waals surface area contributed by atoms with Gasteiger partial charge in [-0.1, -0.05) is 48.9 Å². The first-order valence-electron chi connectivity index (χ1n) is 11.4. The van der Waals surface area contributed by atoms with Gasteiger partial charge in [-0.3, -0.25) is 19.8 Å². The number of amides is 2. The molecule has 3 aromatic rings. The molecule has 4 rings (SSSR count). The van der Waals surface area contributed by atoms with E-state index >= 15 is 0 Å². The number of nitrogens with zero attached hydrogens (tertiary/aromatic N) is 1. The number of nitrogens with one attached hydrogen (secondary N) is 1. The monoisotopic (exact) mass is 612 g/mol. The molecule has 0 saturated carbocycles. The summed E-state index contributed by atoms with van der Waals surface area (Å²) in [6, 6.07) is 19.2. The first-order chi connectivity index (χ1) is 17.3. The van der Waals surface area contributed by atoms with Gasteiger partial charge in [0.25, 0.3) is 11.8 Å². The number of methoxy groups -OCH3 is 1. The fraction of sp³-hybridized carbons (Fsp3) is 0.179. The van der Waals surface area contributed by atoms with Gasteiger partial charge in [0.05, 0.1) is 16.4 Å². The van der Waals surface area contributed by atoms with E-state index in [2.05, 4.69) is 40.9 Å². The van der Waals surface area contributed by atoms with Gasteiger partial charge < -0.3 is 9.47 Å². The second-order valence-corrected chi connectivity index (χ2v) is 9.84. The third kappa shape index (κ3) is 5.60. The second-order valence-electron chi connectivity index (χ2n) is 8.29. The fourth-order valence-electron chi connectivity index (χ4n) is 3.86. The number of rotatable bonds is 7. The third-order valence-electron chi connectivity index (χ3n) is 5.73. The highest BCUT2D eigenvalue weighted by atomic mass is 127. The SMILES string of the molecule is CCc1ccc(N2C(=O)/C(=C/c3cc(I)c(OCc4cccc(C)c4)c(OC)c3)C(=O)NC2=S)cc1. The quantitative estimate of drug-likeness (QED) is 0.163. The van der Waals surface area contributed by atoms with Crippen LogP contribution in [0.1, 0.15) is 29.2 Å². The molecule has 1 aliphatic rings. The fourth-order valence-corrected chi connectivity index (χ4v) is 4.92. The van der Waals surface area contributed by atoms with E-state index in [1.54, 1.807) is 19.3 Å². The van der Waals surface area contributed by atoms with Gasteiger partial charge in [-0.2, -0.15) is 0 Å². The summed E-state index contributed by atoms with van der Waals surface area (Å²) in [7, 11) is 1.56. The van der Waals surface area contributed by atoms with Crippen LogP contribution in [0.5, 0.6) is 11.5 Å². The minimum Gasteiger partial charge on any atom is -0.493 e. The number of carbonyl (C=O) groups is 2. The van der Waals surface area contributed by atoms with E-state index in [9.17, 15) is 9.59 Å². The van der Waals surface area contributed by atoms with E-state index in [-0.39, 0.29) is 10.7 Å². The molecule has 1 saturated heterocycles. The number of aryl methyl sites for hydroxylation is 2. The van der Waals surface area contributed by atoms with Gasteiger partial charge in [-0.15, -0.1) is 0 Å². The van der Waals surface area contributed by atoms with Crippen molar-refractivity contribution in [2.45, 2.75) is 26.9 Å². The lowest BCUT2D eigenvalue weighted by Gasteiger charge is -2.29. The topological polar surface area (TPSA) is 67.9 Å². The summed E-state index contributed by atoms with van der Waals surface area (Å²) in [6.07, 6.45) is 2.42. The Bertz CT molecular complexity index is 1370. The van der Waals surface area contributed by atoms with Crippen molar-refractivity contribution in [3.05, 3.63) is 92.1 Å². The van der Waals surface area contributed by atoms with Gasteiger partial charge in [0, 0.05) is 0 Å². The number of thiocarbonyl (C=S) groups is 1. The predicted octanol–water partition coefficient (Wildman–Crippen LogP) is 5.58. The molecule has 1 heterocycles. The Morgan fingerprint density at radius 1 is 1.06 bits per heavy atom. The van der Waals surface area contributed by atoms with E-state index in [0.717, 1.165) is 26.7 Å². The number of anilines is 1. The maximum Gasteiger partial charge on any atom is 0.270 e.